The second-order valence-electron chi connectivity index (χ2n) is 5.13. The first-order valence-corrected chi connectivity index (χ1v) is 6.47. The molecule has 2 rings (SSSR count). The van der Waals surface area contributed by atoms with Gasteiger partial charge in [-0.1, -0.05) is 38.1 Å². The summed E-state index contributed by atoms with van der Waals surface area (Å²) in [6.45, 7) is 5.40. The Hall–Kier alpha value is -0.820. The normalized spacial score (nSPS) is 19.8. The maximum atomic E-state index is 6.02. The summed E-state index contributed by atoms with van der Waals surface area (Å²) in [5.74, 6) is 0.735. The third-order valence-electron chi connectivity index (χ3n) is 3.33. The molecule has 0 bridgehead atoms. The summed E-state index contributed by atoms with van der Waals surface area (Å²) < 4.78 is 6.02. The van der Waals surface area contributed by atoms with E-state index in [1.54, 1.807) is 0 Å². The number of hydrogen-bond acceptors (Lipinski definition) is 1. The Balaban J connectivity index is 1.96. The summed E-state index contributed by atoms with van der Waals surface area (Å²) in [6.07, 6.45) is 5.20. The molecule has 0 saturated heterocycles. The molecule has 1 atom stereocenters. The van der Waals surface area contributed by atoms with Crippen LogP contribution in [-0.4, -0.2) is 6.61 Å². The largest absolute Gasteiger partial charge is 0.374 e. The van der Waals surface area contributed by atoms with Crippen molar-refractivity contribution in [3.63, 3.8) is 0 Å². The number of benzene rings is 1. The molecule has 1 aliphatic carbocycles. The Morgan fingerprint density at radius 2 is 2.12 bits per heavy atom. The molecule has 0 aromatic heterocycles. The quantitative estimate of drug-likeness (QED) is 0.738. The fraction of sp³-hybridized carbons (Fsp3) is 0.600. The minimum atomic E-state index is 0.351. The third kappa shape index (κ3) is 2.85. The maximum Gasteiger partial charge on any atom is 0.0827 e. The molecule has 0 amide bonds. The second kappa shape index (κ2) is 5.49. The van der Waals surface area contributed by atoms with E-state index in [4.69, 9.17) is 4.74 Å². The van der Waals surface area contributed by atoms with E-state index in [2.05, 4.69) is 38.1 Å². The molecule has 0 saturated carbocycles. The summed E-state index contributed by atoms with van der Waals surface area (Å²) in [5.41, 5.74) is 2.92. The number of ether oxygens (including phenoxy) is 1. The van der Waals surface area contributed by atoms with Crippen molar-refractivity contribution in [2.45, 2.75) is 45.6 Å². The van der Waals surface area contributed by atoms with Gasteiger partial charge < -0.3 is 4.74 Å². The highest BCUT2D eigenvalue weighted by Gasteiger charge is 2.19. The van der Waals surface area contributed by atoms with Crippen molar-refractivity contribution >= 4 is 0 Å². The van der Waals surface area contributed by atoms with E-state index < -0.39 is 0 Å². The van der Waals surface area contributed by atoms with Gasteiger partial charge in [0.05, 0.1) is 6.10 Å². The monoisotopic (exact) mass is 218 g/mol. The van der Waals surface area contributed by atoms with Crippen LogP contribution in [0.1, 0.15) is 50.3 Å². The van der Waals surface area contributed by atoms with Crippen LogP contribution in [-0.2, 0) is 11.2 Å². The lowest BCUT2D eigenvalue weighted by Crippen LogP contribution is -2.14. The topological polar surface area (TPSA) is 9.23 Å². The average Bonchev–Trinajstić information content (AvgIpc) is 2.29. The van der Waals surface area contributed by atoms with Gasteiger partial charge in [-0.3, -0.25) is 0 Å². The molecule has 1 heteroatoms. The first-order chi connectivity index (χ1) is 7.77. The number of rotatable bonds is 4. The van der Waals surface area contributed by atoms with Crippen LogP contribution < -0.4 is 0 Å². The fourth-order valence-electron chi connectivity index (χ4n) is 2.33. The van der Waals surface area contributed by atoms with Crippen LogP contribution in [0.25, 0.3) is 0 Å². The lowest BCUT2D eigenvalue weighted by atomic mass is 9.89. The Morgan fingerprint density at radius 1 is 1.31 bits per heavy atom. The fourth-order valence-corrected chi connectivity index (χ4v) is 2.33. The van der Waals surface area contributed by atoms with Gasteiger partial charge in [0.1, 0.15) is 0 Å². The molecule has 0 radical (unpaired) electrons. The molecule has 0 fully saturated rings. The lowest BCUT2D eigenvalue weighted by molar-refractivity contribution is 0.0345. The van der Waals surface area contributed by atoms with Gasteiger partial charge >= 0.3 is 0 Å². The Morgan fingerprint density at radius 3 is 2.94 bits per heavy atom. The van der Waals surface area contributed by atoms with Gasteiger partial charge in [0.15, 0.2) is 0 Å². The second-order valence-corrected chi connectivity index (χ2v) is 5.13. The van der Waals surface area contributed by atoms with Gasteiger partial charge in [0, 0.05) is 6.61 Å². The van der Waals surface area contributed by atoms with Crippen molar-refractivity contribution in [3.05, 3.63) is 35.4 Å². The van der Waals surface area contributed by atoms with Gasteiger partial charge in [-0.2, -0.15) is 0 Å². The Bertz CT molecular complexity index is 330. The van der Waals surface area contributed by atoms with Crippen LogP contribution in [0.4, 0.5) is 0 Å². The summed E-state index contributed by atoms with van der Waals surface area (Å²) in [7, 11) is 0. The predicted molar refractivity (Wildman–Crippen MR) is 67.5 cm³/mol. The molecule has 0 N–H and O–H groups in total. The molecule has 88 valence electrons. The highest BCUT2D eigenvalue weighted by molar-refractivity contribution is 5.31. The summed E-state index contributed by atoms with van der Waals surface area (Å²) in [5, 5.41) is 0. The van der Waals surface area contributed by atoms with Crippen LogP contribution in [0, 0.1) is 5.92 Å². The van der Waals surface area contributed by atoms with Gasteiger partial charge in [-0.25, -0.2) is 0 Å². The molecule has 0 spiro atoms. The van der Waals surface area contributed by atoms with Crippen molar-refractivity contribution in [2.75, 3.05) is 6.61 Å². The first kappa shape index (κ1) is 11.7. The Kier molecular flexibility index (Phi) is 4.00. The number of aryl methyl sites for hydroxylation is 1. The average molecular weight is 218 g/mol. The summed E-state index contributed by atoms with van der Waals surface area (Å²) >= 11 is 0. The molecular weight excluding hydrogens is 196 g/mol. The molecule has 16 heavy (non-hydrogen) atoms. The van der Waals surface area contributed by atoms with Gasteiger partial charge in [-0.05, 0) is 42.7 Å². The van der Waals surface area contributed by atoms with E-state index in [9.17, 15) is 0 Å². The summed E-state index contributed by atoms with van der Waals surface area (Å²) in [4.78, 5) is 0. The Labute approximate surface area is 98.8 Å². The van der Waals surface area contributed by atoms with Crippen molar-refractivity contribution in [3.8, 4) is 0 Å². The molecule has 0 aliphatic heterocycles. The van der Waals surface area contributed by atoms with E-state index in [-0.39, 0.29) is 0 Å². The molecule has 1 aliphatic rings. The van der Waals surface area contributed by atoms with Crippen molar-refractivity contribution in [1.82, 2.24) is 0 Å². The molecular formula is C15H22O. The van der Waals surface area contributed by atoms with Crippen molar-refractivity contribution in [2.24, 2.45) is 5.92 Å². The predicted octanol–water partition coefficient (Wildman–Crippen LogP) is 4.13. The maximum absolute atomic E-state index is 6.02. The standard InChI is InChI=1S/C15H22O/c1-12(2)10-11-16-15-9-5-7-13-6-3-4-8-14(13)15/h3-4,6,8,12,15H,5,7,9-11H2,1-2H3. The third-order valence-corrected chi connectivity index (χ3v) is 3.33. The van der Waals surface area contributed by atoms with Crippen LogP contribution >= 0.6 is 0 Å². The molecule has 1 aromatic carbocycles. The minimum absolute atomic E-state index is 0.351. The highest BCUT2D eigenvalue weighted by Crippen LogP contribution is 2.32. The zero-order valence-electron chi connectivity index (χ0n) is 10.4. The minimum Gasteiger partial charge on any atom is -0.374 e. The molecule has 1 unspecified atom stereocenters. The molecule has 0 heterocycles. The molecule has 1 nitrogen and oxygen atoms in total. The van der Waals surface area contributed by atoms with E-state index in [0.29, 0.717) is 6.10 Å². The van der Waals surface area contributed by atoms with Crippen LogP contribution in [0.15, 0.2) is 24.3 Å². The number of fused-ring (bicyclic) bond motifs is 1. The van der Waals surface area contributed by atoms with Gasteiger partial charge in [0.2, 0.25) is 0 Å². The van der Waals surface area contributed by atoms with Crippen LogP contribution in [0.3, 0.4) is 0 Å². The SMILES string of the molecule is CC(C)CCOC1CCCc2ccccc21. The van der Waals surface area contributed by atoms with E-state index in [1.807, 2.05) is 0 Å². The van der Waals surface area contributed by atoms with Gasteiger partial charge in [-0.15, -0.1) is 0 Å². The zero-order chi connectivity index (χ0) is 11.4. The highest BCUT2D eigenvalue weighted by atomic mass is 16.5. The van der Waals surface area contributed by atoms with E-state index >= 15 is 0 Å². The zero-order valence-corrected chi connectivity index (χ0v) is 10.4. The van der Waals surface area contributed by atoms with Crippen molar-refractivity contribution < 1.29 is 4.74 Å². The smallest absolute Gasteiger partial charge is 0.0827 e. The van der Waals surface area contributed by atoms with Crippen LogP contribution in [0.5, 0.6) is 0 Å². The van der Waals surface area contributed by atoms with Gasteiger partial charge in [0.25, 0.3) is 0 Å². The van der Waals surface area contributed by atoms with Crippen LogP contribution in [0.2, 0.25) is 0 Å². The molecule has 1 aromatic rings. The lowest BCUT2D eigenvalue weighted by Gasteiger charge is -2.25. The van der Waals surface area contributed by atoms with E-state index in [1.165, 1.54) is 36.8 Å². The summed E-state index contributed by atoms with van der Waals surface area (Å²) in [6, 6.07) is 8.74. The van der Waals surface area contributed by atoms with Crippen molar-refractivity contribution in [1.29, 1.82) is 0 Å². The van der Waals surface area contributed by atoms with E-state index in [0.717, 1.165) is 12.5 Å². The number of hydrogen-bond donors (Lipinski definition) is 0. The first-order valence-electron chi connectivity index (χ1n) is 6.47.